The molecule has 0 spiro atoms. The number of nitrogens with one attached hydrogen (secondary N) is 1. The lowest BCUT2D eigenvalue weighted by Crippen LogP contribution is -2.67. The van der Waals surface area contributed by atoms with E-state index >= 15 is 0 Å². The molecule has 0 fully saturated rings. The van der Waals surface area contributed by atoms with Crippen LogP contribution in [0.3, 0.4) is 0 Å². The summed E-state index contributed by atoms with van der Waals surface area (Å²) in [5, 5.41) is 16.7. The van der Waals surface area contributed by atoms with Crippen LogP contribution in [0.4, 0.5) is 35.1 Å². The fourth-order valence-corrected chi connectivity index (χ4v) is 1.75. The van der Waals surface area contributed by atoms with E-state index in [2.05, 4.69) is 6.58 Å². The van der Waals surface area contributed by atoms with E-state index in [0.29, 0.717) is 5.32 Å². The lowest BCUT2D eigenvalue weighted by Gasteiger charge is -2.36. The van der Waals surface area contributed by atoms with E-state index in [9.17, 15) is 44.7 Å². The number of rotatable bonds is 10. The van der Waals surface area contributed by atoms with E-state index in [1.165, 1.54) is 6.26 Å². The number of carbonyl (C=O) groups is 2. The van der Waals surface area contributed by atoms with Gasteiger partial charge in [0.25, 0.3) is 0 Å². The molecule has 160 valence electrons. The molecule has 0 aromatic rings. The van der Waals surface area contributed by atoms with Crippen LogP contribution in [0.2, 0.25) is 0 Å². The maximum absolute atomic E-state index is 13.3. The normalized spacial score (nSPS) is 14.0. The molecule has 0 aliphatic rings. The third-order valence-corrected chi connectivity index (χ3v) is 3.42. The molecule has 0 unspecified atom stereocenters. The molecule has 0 aliphatic heterocycles. The molecule has 0 aromatic heterocycles. The van der Waals surface area contributed by atoms with E-state index in [1.54, 1.807) is 0 Å². The molecule has 0 bridgehead atoms. The Bertz CT molecular complexity index is 525. The molecule has 0 saturated carbocycles. The van der Waals surface area contributed by atoms with E-state index in [0.717, 1.165) is 17.8 Å². The van der Waals surface area contributed by atoms with E-state index in [-0.39, 0.29) is 5.75 Å². The van der Waals surface area contributed by atoms with Crippen LogP contribution >= 0.6 is 11.8 Å². The highest BCUT2D eigenvalue weighted by atomic mass is 32.2. The van der Waals surface area contributed by atoms with Gasteiger partial charge in [0.05, 0.1) is 0 Å². The number of hydrogen-bond donors (Lipinski definition) is 3. The molecular weight excluding hydrogens is 418 g/mol. The molecule has 0 rings (SSSR count). The first-order chi connectivity index (χ1) is 11.9. The summed E-state index contributed by atoms with van der Waals surface area (Å²) in [7, 11) is 0. The zero-order chi connectivity index (χ0) is 22.3. The smallest absolute Gasteiger partial charge is 0.392 e. The Hall–Kier alpha value is -1.57. The molecule has 0 heterocycles. The van der Waals surface area contributed by atoms with Gasteiger partial charge in [-0.25, -0.2) is 10.1 Å². The van der Waals surface area contributed by atoms with Crippen molar-refractivity contribution in [2.75, 3.05) is 12.0 Å². The van der Waals surface area contributed by atoms with E-state index in [1.807, 2.05) is 0 Å². The monoisotopic (exact) mass is 435 g/mol. The zero-order valence-electron chi connectivity index (χ0n) is 13.9. The number of aliphatic carboxylic acids is 2. The van der Waals surface area contributed by atoms with Gasteiger partial charge in [-0.15, -0.1) is 0 Å². The predicted octanol–water partition coefficient (Wildman–Crippen LogP) is 3.56. The Morgan fingerprint density at radius 2 is 1.48 bits per heavy atom. The highest BCUT2D eigenvalue weighted by Gasteiger charge is 2.79. The van der Waals surface area contributed by atoms with Crippen molar-refractivity contribution in [3.63, 3.8) is 0 Å². The average molecular weight is 435 g/mol. The minimum atomic E-state index is -6.51. The SMILES string of the molecule is C=CC(=O)O.CSCC[C@H](NC(F)(F)C(F)(F)C(F)(F)C(C)(F)F)C(=O)O. The molecule has 0 amide bonds. The molecule has 14 heteroatoms. The second-order valence-corrected chi connectivity index (χ2v) is 5.96. The minimum absolute atomic E-state index is 0.0635. The molecule has 0 aliphatic carbocycles. The van der Waals surface area contributed by atoms with Crippen molar-refractivity contribution >= 4 is 23.7 Å². The van der Waals surface area contributed by atoms with Crippen LogP contribution < -0.4 is 5.32 Å². The number of halogens is 8. The van der Waals surface area contributed by atoms with Gasteiger partial charge < -0.3 is 10.2 Å². The summed E-state index contributed by atoms with van der Waals surface area (Å²) < 4.78 is 104. The Morgan fingerprint density at radius 1 is 1.07 bits per heavy atom. The van der Waals surface area contributed by atoms with Gasteiger partial charge in [0.15, 0.2) is 0 Å². The number of thioether (sulfide) groups is 1. The standard InChI is InChI=1S/C10H13F8NO2S.C3H4O2/c1-7(11,12)8(13,14)9(15,16)10(17,18)19-5(6(20)21)3-4-22-2;1-2-3(4)5/h5,19H,3-4H2,1-2H3,(H,20,21);2H,1H2,(H,4,5)/t5-;/m0./s1. The lowest BCUT2D eigenvalue weighted by atomic mass is 10.0. The second kappa shape index (κ2) is 10.1. The summed E-state index contributed by atoms with van der Waals surface area (Å²) in [4.78, 5) is 19.9. The largest absolute Gasteiger partial charge is 0.480 e. The van der Waals surface area contributed by atoms with Crippen molar-refractivity contribution in [1.29, 1.82) is 0 Å². The van der Waals surface area contributed by atoms with Crippen LogP contribution in [-0.4, -0.2) is 64.0 Å². The topological polar surface area (TPSA) is 86.6 Å². The van der Waals surface area contributed by atoms with Crippen molar-refractivity contribution in [2.45, 2.75) is 43.2 Å². The van der Waals surface area contributed by atoms with Gasteiger partial charge in [0.2, 0.25) is 0 Å². The summed E-state index contributed by atoms with van der Waals surface area (Å²) in [6.45, 7) is 2.32. The number of carboxylic acid groups (broad SMARTS) is 2. The van der Waals surface area contributed by atoms with Crippen molar-refractivity contribution < 1.29 is 54.9 Å². The molecule has 0 radical (unpaired) electrons. The second-order valence-electron chi connectivity index (χ2n) is 4.97. The molecule has 0 saturated heterocycles. The van der Waals surface area contributed by atoms with Crippen LogP contribution in [0.1, 0.15) is 13.3 Å². The Kier molecular flexibility index (Phi) is 10.3. The minimum Gasteiger partial charge on any atom is -0.480 e. The maximum Gasteiger partial charge on any atom is 0.392 e. The predicted molar refractivity (Wildman–Crippen MR) is 80.9 cm³/mol. The van der Waals surface area contributed by atoms with Gasteiger partial charge in [0, 0.05) is 13.0 Å². The quantitative estimate of drug-likeness (QED) is 0.276. The third kappa shape index (κ3) is 7.52. The van der Waals surface area contributed by atoms with Gasteiger partial charge in [-0.2, -0.15) is 46.9 Å². The van der Waals surface area contributed by atoms with Gasteiger partial charge in [-0.05, 0) is 18.4 Å². The molecular formula is C13H17F8NO4S. The summed E-state index contributed by atoms with van der Waals surface area (Å²) >= 11 is 0.987. The zero-order valence-corrected chi connectivity index (χ0v) is 14.7. The summed E-state index contributed by atoms with van der Waals surface area (Å²) in [5.74, 6) is -21.4. The first kappa shape index (κ1) is 27.6. The van der Waals surface area contributed by atoms with Crippen molar-refractivity contribution in [3.05, 3.63) is 12.7 Å². The van der Waals surface area contributed by atoms with Gasteiger partial charge in [-0.1, -0.05) is 6.58 Å². The Labute approximate surface area is 152 Å². The van der Waals surface area contributed by atoms with Crippen molar-refractivity contribution in [2.24, 2.45) is 0 Å². The molecule has 0 aromatic carbocycles. The van der Waals surface area contributed by atoms with Crippen LogP contribution in [-0.2, 0) is 9.59 Å². The Balaban J connectivity index is 0. The van der Waals surface area contributed by atoms with Crippen LogP contribution in [0, 0.1) is 0 Å². The van der Waals surface area contributed by atoms with Crippen LogP contribution in [0.5, 0.6) is 0 Å². The van der Waals surface area contributed by atoms with Gasteiger partial charge in [0.1, 0.15) is 6.04 Å². The fourth-order valence-electron chi connectivity index (χ4n) is 1.28. The first-order valence-electron chi connectivity index (χ1n) is 6.75. The summed E-state index contributed by atoms with van der Waals surface area (Å²) in [6.07, 6.45) is 1.69. The first-order valence-corrected chi connectivity index (χ1v) is 8.14. The highest BCUT2D eigenvalue weighted by Crippen LogP contribution is 2.51. The van der Waals surface area contributed by atoms with E-state index < -0.39 is 55.1 Å². The Morgan fingerprint density at radius 3 is 1.74 bits per heavy atom. The van der Waals surface area contributed by atoms with E-state index in [4.69, 9.17) is 10.2 Å². The fraction of sp³-hybridized carbons (Fsp3) is 0.692. The molecule has 5 nitrogen and oxygen atoms in total. The van der Waals surface area contributed by atoms with Crippen molar-refractivity contribution in [1.82, 2.24) is 5.32 Å². The average Bonchev–Trinajstić information content (AvgIpc) is 2.50. The van der Waals surface area contributed by atoms with Crippen LogP contribution in [0.15, 0.2) is 12.7 Å². The highest BCUT2D eigenvalue weighted by molar-refractivity contribution is 7.98. The van der Waals surface area contributed by atoms with Crippen LogP contribution in [0.25, 0.3) is 0 Å². The number of hydrogen-bond acceptors (Lipinski definition) is 4. The summed E-state index contributed by atoms with van der Waals surface area (Å²) in [5.41, 5.74) is 0. The number of alkyl halides is 8. The van der Waals surface area contributed by atoms with Gasteiger partial charge >= 0.3 is 35.8 Å². The molecule has 27 heavy (non-hydrogen) atoms. The maximum atomic E-state index is 13.3. The lowest BCUT2D eigenvalue weighted by molar-refractivity contribution is -0.369. The van der Waals surface area contributed by atoms with Crippen molar-refractivity contribution in [3.8, 4) is 0 Å². The third-order valence-electron chi connectivity index (χ3n) is 2.78. The molecule has 3 N–H and O–H groups in total. The summed E-state index contributed by atoms with van der Waals surface area (Å²) in [6, 6.07) is -8.17. The molecule has 1 atom stereocenters. The number of carboxylic acids is 2. The van der Waals surface area contributed by atoms with Gasteiger partial charge in [-0.3, -0.25) is 4.79 Å².